The zero-order chi connectivity index (χ0) is 11.4. The van der Waals surface area contributed by atoms with Crippen molar-refractivity contribution in [2.75, 3.05) is 0 Å². The predicted octanol–water partition coefficient (Wildman–Crippen LogP) is 1.51. The Morgan fingerprint density at radius 3 is 2.73 bits per heavy atom. The molecule has 1 aromatic rings. The maximum absolute atomic E-state index is 11.4. The molecule has 0 unspecified atom stereocenters. The molecule has 15 heavy (non-hydrogen) atoms. The number of amides is 1. The van der Waals surface area contributed by atoms with Crippen molar-refractivity contribution < 1.29 is 4.79 Å². The van der Waals surface area contributed by atoms with Gasteiger partial charge in [-0.15, -0.1) is 0 Å². The largest absolute Gasteiger partial charge is 0.348 e. The number of nitrogens with zero attached hydrogens (tertiary/aromatic N) is 1. The fourth-order valence-electron chi connectivity index (χ4n) is 1.77. The SMILES string of the molecule is CCCCn1c(C)cc(C(=O)NN)c1C. The Balaban J connectivity index is 2.98. The third kappa shape index (κ3) is 2.39. The Bertz CT molecular complexity index is 355. The number of aromatic nitrogens is 1. The van der Waals surface area contributed by atoms with Gasteiger partial charge >= 0.3 is 0 Å². The van der Waals surface area contributed by atoms with Gasteiger partial charge in [-0.1, -0.05) is 13.3 Å². The first-order valence-corrected chi connectivity index (χ1v) is 5.29. The van der Waals surface area contributed by atoms with Gasteiger partial charge < -0.3 is 4.57 Å². The number of nitrogens with one attached hydrogen (secondary N) is 1. The van der Waals surface area contributed by atoms with E-state index in [1.54, 1.807) is 0 Å². The van der Waals surface area contributed by atoms with Crippen molar-refractivity contribution in [3.63, 3.8) is 0 Å². The maximum atomic E-state index is 11.4. The maximum Gasteiger partial charge on any atom is 0.267 e. The van der Waals surface area contributed by atoms with Crippen LogP contribution in [-0.4, -0.2) is 10.5 Å². The van der Waals surface area contributed by atoms with E-state index in [0.29, 0.717) is 5.56 Å². The Labute approximate surface area is 90.4 Å². The molecule has 0 fully saturated rings. The molecule has 1 rings (SSSR count). The van der Waals surface area contributed by atoms with Gasteiger partial charge in [0.15, 0.2) is 0 Å². The molecule has 0 atom stereocenters. The van der Waals surface area contributed by atoms with Crippen LogP contribution >= 0.6 is 0 Å². The summed E-state index contributed by atoms with van der Waals surface area (Å²) in [5.74, 6) is 4.91. The Hall–Kier alpha value is -1.29. The highest BCUT2D eigenvalue weighted by atomic mass is 16.2. The molecular weight excluding hydrogens is 190 g/mol. The van der Waals surface area contributed by atoms with Crippen molar-refractivity contribution in [1.82, 2.24) is 9.99 Å². The van der Waals surface area contributed by atoms with Crippen molar-refractivity contribution >= 4 is 5.91 Å². The summed E-state index contributed by atoms with van der Waals surface area (Å²) < 4.78 is 2.16. The quantitative estimate of drug-likeness (QED) is 0.448. The number of nitrogen functional groups attached to an aromatic ring is 1. The number of carbonyl (C=O) groups excluding carboxylic acids is 1. The molecule has 0 bridgehead atoms. The van der Waals surface area contributed by atoms with Crippen molar-refractivity contribution in [2.24, 2.45) is 5.84 Å². The Kier molecular flexibility index (Phi) is 3.91. The number of hydrazine groups is 1. The topological polar surface area (TPSA) is 60.0 Å². The van der Waals surface area contributed by atoms with E-state index in [0.717, 1.165) is 30.8 Å². The molecule has 1 aromatic heterocycles. The summed E-state index contributed by atoms with van der Waals surface area (Å²) in [6.07, 6.45) is 2.27. The first kappa shape index (κ1) is 11.8. The number of hydrogen-bond donors (Lipinski definition) is 2. The molecule has 0 spiro atoms. The molecule has 0 aliphatic carbocycles. The van der Waals surface area contributed by atoms with E-state index in [9.17, 15) is 4.79 Å². The summed E-state index contributed by atoms with van der Waals surface area (Å²) in [7, 11) is 0. The second-order valence-electron chi connectivity index (χ2n) is 3.76. The molecule has 0 radical (unpaired) electrons. The standard InChI is InChI=1S/C11H19N3O/c1-4-5-6-14-8(2)7-10(9(14)3)11(15)13-12/h7H,4-6,12H2,1-3H3,(H,13,15). The molecule has 0 aromatic carbocycles. The molecule has 3 N–H and O–H groups in total. The van der Waals surface area contributed by atoms with Crippen molar-refractivity contribution in [3.8, 4) is 0 Å². The van der Waals surface area contributed by atoms with Crippen LogP contribution in [0.1, 0.15) is 41.5 Å². The number of hydrogen-bond acceptors (Lipinski definition) is 2. The van der Waals surface area contributed by atoms with Gasteiger partial charge in [0.2, 0.25) is 0 Å². The molecule has 0 aliphatic heterocycles. The van der Waals surface area contributed by atoms with Gasteiger partial charge in [0.25, 0.3) is 5.91 Å². The van der Waals surface area contributed by atoms with Crippen LogP contribution in [0.15, 0.2) is 6.07 Å². The van der Waals surface area contributed by atoms with Crippen LogP contribution in [0.25, 0.3) is 0 Å². The number of aryl methyl sites for hydroxylation is 1. The van der Waals surface area contributed by atoms with Gasteiger partial charge in [0, 0.05) is 17.9 Å². The van der Waals surface area contributed by atoms with E-state index in [4.69, 9.17) is 5.84 Å². The molecule has 84 valence electrons. The Morgan fingerprint density at radius 1 is 1.53 bits per heavy atom. The fraction of sp³-hybridized carbons (Fsp3) is 0.545. The molecule has 0 aliphatic rings. The minimum atomic E-state index is -0.217. The third-order valence-corrected chi connectivity index (χ3v) is 2.68. The van der Waals surface area contributed by atoms with Crippen LogP contribution in [0.5, 0.6) is 0 Å². The van der Waals surface area contributed by atoms with Gasteiger partial charge in [-0.05, 0) is 26.3 Å². The van der Waals surface area contributed by atoms with E-state index in [1.165, 1.54) is 0 Å². The molecule has 4 heteroatoms. The van der Waals surface area contributed by atoms with Crippen LogP contribution in [0, 0.1) is 13.8 Å². The second kappa shape index (κ2) is 4.98. The summed E-state index contributed by atoms with van der Waals surface area (Å²) in [5.41, 5.74) is 4.94. The minimum absolute atomic E-state index is 0.217. The molecule has 0 saturated carbocycles. The number of rotatable bonds is 4. The first-order chi connectivity index (χ1) is 7.11. The van der Waals surface area contributed by atoms with Crippen LogP contribution in [0.2, 0.25) is 0 Å². The third-order valence-electron chi connectivity index (χ3n) is 2.68. The summed E-state index contributed by atoms with van der Waals surface area (Å²) in [6.45, 7) is 7.08. The molecule has 0 saturated heterocycles. The fourth-order valence-corrected chi connectivity index (χ4v) is 1.77. The lowest BCUT2D eigenvalue weighted by Gasteiger charge is -2.08. The lowest BCUT2D eigenvalue weighted by molar-refractivity contribution is 0.0953. The number of carbonyl (C=O) groups is 1. The number of nitrogens with two attached hydrogens (primary N) is 1. The van der Waals surface area contributed by atoms with Gasteiger partial charge in [-0.25, -0.2) is 5.84 Å². The van der Waals surface area contributed by atoms with Crippen LogP contribution in [0.3, 0.4) is 0 Å². The highest BCUT2D eigenvalue weighted by Gasteiger charge is 2.13. The van der Waals surface area contributed by atoms with Crippen LogP contribution < -0.4 is 11.3 Å². The monoisotopic (exact) mass is 209 g/mol. The van der Waals surface area contributed by atoms with Crippen molar-refractivity contribution in [1.29, 1.82) is 0 Å². The van der Waals surface area contributed by atoms with Gasteiger partial charge in [-0.3, -0.25) is 10.2 Å². The zero-order valence-corrected chi connectivity index (χ0v) is 9.63. The lowest BCUT2D eigenvalue weighted by Crippen LogP contribution is -2.30. The van der Waals surface area contributed by atoms with Crippen LogP contribution in [-0.2, 0) is 6.54 Å². The average Bonchev–Trinajstić information content (AvgIpc) is 2.51. The first-order valence-electron chi connectivity index (χ1n) is 5.29. The Morgan fingerprint density at radius 2 is 2.20 bits per heavy atom. The minimum Gasteiger partial charge on any atom is -0.348 e. The van der Waals surface area contributed by atoms with Crippen molar-refractivity contribution in [2.45, 2.75) is 40.2 Å². The smallest absolute Gasteiger partial charge is 0.267 e. The van der Waals surface area contributed by atoms with E-state index in [-0.39, 0.29) is 5.91 Å². The normalized spacial score (nSPS) is 10.4. The van der Waals surface area contributed by atoms with Gasteiger partial charge in [-0.2, -0.15) is 0 Å². The van der Waals surface area contributed by atoms with Gasteiger partial charge in [0.1, 0.15) is 0 Å². The molecule has 1 heterocycles. The zero-order valence-electron chi connectivity index (χ0n) is 9.63. The van der Waals surface area contributed by atoms with E-state index in [1.807, 2.05) is 19.9 Å². The summed E-state index contributed by atoms with van der Waals surface area (Å²) in [4.78, 5) is 11.4. The molecule has 4 nitrogen and oxygen atoms in total. The van der Waals surface area contributed by atoms with Crippen molar-refractivity contribution in [3.05, 3.63) is 23.0 Å². The lowest BCUT2D eigenvalue weighted by atomic mass is 10.2. The van der Waals surface area contributed by atoms with Gasteiger partial charge in [0.05, 0.1) is 5.56 Å². The second-order valence-corrected chi connectivity index (χ2v) is 3.76. The number of unbranched alkanes of at least 4 members (excludes halogenated alkanes) is 1. The summed E-state index contributed by atoms with van der Waals surface area (Å²) >= 11 is 0. The van der Waals surface area contributed by atoms with E-state index in [2.05, 4.69) is 16.9 Å². The summed E-state index contributed by atoms with van der Waals surface area (Å²) in [6, 6.07) is 1.88. The summed E-state index contributed by atoms with van der Waals surface area (Å²) in [5, 5.41) is 0. The van der Waals surface area contributed by atoms with Crippen LogP contribution in [0.4, 0.5) is 0 Å². The molecular formula is C11H19N3O. The molecule has 1 amide bonds. The highest BCUT2D eigenvalue weighted by Crippen LogP contribution is 2.15. The highest BCUT2D eigenvalue weighted by molar-refractivity contribution is 5.95. The van der Waals surface area contributed by atoms with E-state index >= 15 is 0 Å². The van der Waals surface area contributed by atoms with E-state index < -0.39 is 0 Å². The average molecular weight is 209 g/mol. The predicted molar refractivity (Wildman–Crippen MR) is 60.5 cm³/mol.